The van der Waals surface area contributed by atoms with E-state index in [0.29, 0.717) is 38.8 Å². The highest BCUT2D eigenvalue weighted by Crippen LogP contribution is 2.27. The second-order valence-electron chi connectivity index (χ2n) is 5.10. The van der Waals surface area contributed by atoms with Crippen LogP contribution in [0.1, 0.15) is 25.7 Å². The number of hydrogen-bond donors (Lipinski definition) is 1. The molecule has 0 aromatic heterocycles. The maximum Gasteiger partial charge on any atom is 0.490 e. The van der Waals surface area contributed by atoms with E-state index in [1.54, 1.807) is 4.90 Å². The fourth-order valence-corrected chi connectivity index (χ4v) is 2.70. The summed E-state index contributed by atoms with van der Waals surface area (Å²) in [6.07, 6.45) is -3.76. The molecule has 0 spiro atoms. The second-order valence-corrected chi connectivity index (χ2v) is 5.10. The zero-order valence-corrected chi connectivity index (χ0v) is 10.9. The Kier molecular flexibility index (Phi) is 4.52. The molecule has 2 fully saturated rings. The lowest BCUT2D eigenvalue weighted by atomic mass is 9.91. The molecule has 114 valence electrons. The topological polar surface area (TPSA) is 58.6 Å². The van der Waals surface area contributed by atoms with Crippen molar-refractivity contribution in [1.29, 1.82) is 0 Å². The molecule has 5 nitrogen and oxygen atoms in total. The Morgan fingerprint density at radius 2 is 1.90 bits per heavy atom. The van der Waals surface area contributed by atoms with Gasteiger partial charge in [0.05, 0.1) is 6.54 Å². The molecular weight excluding hydrogens is 277 g/mol. The van der Waals surface area contributed by atoms with Gasteiger partial charge in [-0.15, -0.1) is 0 Å². The highest BCUT2D eigenvalue weighted by molar-refractivity contribution is 5.79. The van der Waals surface area contributed by atoms with Crippen LogP contribution in [0.2, 0.25) is 0 Å². The molecule has 1 saturated heterocycles. The van der Waals surface area contributed by atoms with Crippen molar-refractivity contribution in [2.75, 3.05) is 19.6 Å². The zero-order valence-electron chi connectivity index (χ0n) is 10.9. The van der Waals surface area contributed by atoms with Crippen LogP contribution in [-0.4, -0.2) is 54.7 Å². The molecule has 1 amide bonds. The molecule has 0 unspecified atom stereocenters. The van der Waals surface area contributed by atoms with Crippen molar-refractivity contribution in [1.82, 2.24) is 10.2 Å². The first-order valence-corrected chi connectivity index (χ1v) is 6.66. The van der Waals surface area contributed by atoms with Gasteiger partial charge in [0.15, 0.2) is 0 Å². The van der Waals surface area contributed by atoms with E-state index in [1.165, 1.54) is 0 Å². The average Bonchev–Trinajstić information content (AvgIpc) is 2.39. The number of ether oxygens (including phenoxy) is 1. The summed E-state index contributed by atoms with van der Waals surface area (Å²) < 4.78 is 40.7. The molecule has 2 aliphatic rings. The molecule has 1 aliphatic heterocycles. The molecule has 1 heterocycles. The van der Waals surface area contributed by atoms with Crippen LogP contribution in [0, 0.1) is 0 Å². The highest BCUT2D eigenvalue weighted by Gasteiger charge is 2.43. The van der Waals surface area contributed by atoms with E-state index in [1.807, 2.05) is 0 Å². The Labute approximate surface area is 114 Å². The number of hydrogen-bond acceptors (Lipinski definition) is 4. The number of alkyl halides is 3. The number of esters is 1. The summed E-state index contributed by atoms with van der Waals surface area (Å²) in [7, 11) is 0. The maximum atomic E-state index is 12.1. The molecule has 8 heteroatoms. The van der Waals surface area contributed by atoms with Crippen LogP contribution in [0.25, 0.3) is 0 Å². The quantitative estimate of drug-likeness (QED) is 0.767. The molecule has 0 radical (unpaired) electrons. The van der Waals surface area contributed by atoms with E-state index < -0.39 is 18.2 Å². The second kappa shape index (κ2) is 5.99. The Bertz CT molecular complexity index is 379. The van der Waals surface area contributed by atoms with Crippen molar-refractivity contribution in [2.45, 2.75) is 44.0 Å². The van der Waals surface area contributed by atoms with Crippen LogP contribution in [0.3, 0.4) is 0 Å². The van der Waals surface area contributed by atoms with Crippen LogP contribution >= 0.6 is 0 Å². The van der Waals surface area contributed by atoms with Crippen LogP contribution in [0.4, 0.5) is 13.2 Å². The first-order valence-electron chi connectivity index (χ1n) is 6.66. The fraction of sp³-hybridized carbons (Fsp3) is 0.833. The van der Waals surface area contributed by atoms with Crippen molar-refractivity contribution in [3.05, 3.63) is 0 Å². The first-order chi connectivity index (χ1) is 9.38. The molecule has 0 atom stereocenters. The summed E-state index contributed by atoms with van der Waals surface area (Å²) in [4.78, 5) is 24.2. The fourth-order valence-electron chi connectivity index (χ4n) is 2.70. The van der Waals surface area contributed by atoms with E-state index in [4.69, 9.17) is 0 Å². The SMILES string of the molecule is O=C1CNCCN1[C@H]1CC[C@H](OC(=O)C(F)(F)F)CC1. The molecular formula is C12H17F3N2O3. The number of halogens is 3. The molecule has 20 heavy (non-hydrogen) atoms. The number of carbonyl (C=O) groups is 2. The normalized spacial score (nSPS) is 28.4. The largest absolute Gasteiger partial charge is 0.490 e. The summed E-state index contributed by atoms with van der Waals surface area (Å²) in [5.41, 5.74) is 0. The minimum atomic E-state index is -4.94. The molecule has 0 aromatic rings. The van der Waals surface area contributed by atoms with E-state index in [9.17, 15) is 22.8 Å². The minimum absolute atomic E-state index is 0.0204. The van der Waals surface area contributed by atoms with Crippen molar-refractivity contribution >= 4 is 11.9 Å². The molecule has 1 N–H and O–H groups in total. The van der Waals surface area contributed by atoms with Gasteiger partial charge in [-0.25, -0.2) is 4.79 Å². The van der Waals surface area contributed by atoms with Crippen molar-refractivity contribution in [3.63, 3.8) is 0 Å². The first kappa shape index (κ1) is 15.1. The van der Waals surface area contributed by atoms with Crippen molar-refractivity contribution < 1.29 is 27.5 Å². The molecule has 2 rings (SSSR count). The Morgan fingerprint density at radius 3 is 2.45 bits per heavy atom. The Balaban J connectivity index is 1.80. The van der Waals surface area contributed by atoms with Crippen molar-refractivity contribution in [3.8, 4) is 0 Å². The predicted octanol–water partition coefficient (Wildman–Crippen LogP) is 0.835. The standard InChI is InChI=1S/C12H17F3N2O3/c13-12(14,15)11(19)20-9-3-1-8(2-4-9)17-6-5-16-7-10(17)18/h8-9,16H,1-7H2/t8-,9-. The summed E-state index contributed by atoms with van der Waals surface area (Å²) in [6, 6.07) is 0.0467. The number of nitrogens with zero attached hydrogens (tertiary/aromatic N) is 1. The van der Waals surface area contributed by atoms with Gasteiger partial charge in [-0.1, -0.05) is 0 Å². The lowest BCUT2D eigenvalue weighted by molar-refractivity contribution is -0.206. The summed E-state index contributed by atoms with van der Waals surface area (Å²) >= 11 is 0. The number of rotatable bonds is 2. The van der Waals surface area contributed by atoms with Gasteiger partial charge in [-0.05, 0) is 25.7 Å². The zero-order chi connectivity index (χ0) is 14.8. The van der Waals surface area contributed by atoms with Crippen molar-refractivity contribution in [2.24, 2.45) is 0 Å². The predicted molar refractivity (Wildman–Crippen MR) is 62.8 cm³/mol. The van der Waals surface area contributed by atoms with Crippen LogP contribution in [0.5, 0.6) is 0 Å². The van der Waals surface area contributed by atoms with Gasteiger partial charge in [0.25, 0.3) is 0 Å². The third kappa shape index (κ3) is 3.62. The molecule has 1 saturated carbocycles. The van der Waals surface area contributed by atoms with Gasteiger partial charge in [-0.3, -0.25) is 4.79 Å². The third-order valence-corrected chi connectivity index (χ3v) is 3.72. The van der Waals surface area contributed by atoms with Crippen LogP contribution in [-0.2, 0) is 14.3 Å². The Hall–Kier alpha value is -1.31. The molecule has 0 bridgehead atoms. The average molecular weight is 294 g/mol. The number of piperazine rings is 1. The number of amides is 1. The Morgan fingerprint density at radius 1 is 1.25 bits per heavy atom. The molecule has 1 aliphatic carbocycles. The van der Waals surface area contributed by atoms with Gasteiger partial charge in [-0.2, -0.15) is 13.2 Å². The van der Waals surface area contributed by atoms with Crippen LogP contribution in [0.15, 0.2) is 0 Å². The van der Waals surface area contributed by atoms with Gasteiger partial charge >= 0.3 is 12.1 Å². The third-order valence-electron chi connectivity index (χ3n) is 3.72. The van der Waals surface area contributed by atoms with E-state index in [0.717, 1.165) is 6.54 Å². The number of carbonyl (C=O) groups excluding carboxylic acids is 2. The summed E-state index contributed by atoms with van der Waals surface area (Å²) in [5, 5.41) is 2.97. The smallest absolute Gasteiger partial charge is 0.456 e. The monoisotopic (exact) mass is 294 g/mol. The van der Waals surface area contributed by atoms with Crippen LogP contribution < -0.4 is 5.32 Å². The number of nitrogens with one attached hydrogen (secondary N) is 1. The van der Waals surface area contributed by atoms with Gasteiger partial charge < -0.3 is 15.0 Å². The van der Waals surface area contributed by atoms with Gasteiger partial charge in [0, 0.05) is 19.1 Å². The summed E-state index contributed by atoms with van der Waals surface area (Å²) in [5.74, 6) is -2.11. The lowest BCUT2D eigenvalue weighted by Gasteiger charge is -2.38. The summed E-state index contributed by atoms with van der Waals surface area (Å²) in [6.45, 7) is 1.66. The van der Waals surface area contributed by atoms with Gasteiger partial charge in [0.1, 0.15) is 6.10 Å². The van der Waals surface area contributed by atoms with Gasteiger partial charge in [0.2, 0.25) is 5.91 Å². The highest BCUT2D eigenvalue weighted by atomic mass is 19.4. The van der Waals surface area contributed by atoms with E-state index in [-0.39, 0.29) is 11.9 Å². The molecule has 0 aromatic carbocycles. The lowest BCUT2D eigenvalue weighted by Crippen LogP contribution is -2.53. The minimum Gasteiger partial charge on any atom is -0.456 e. The van der Waals surface area contributed by atoms with E-state index in [2.05, 4.69) is 10.1 Å². The maximum absolute atomic E-state index is 12.1. The van der Waals surface area contributed by atoms with E-state index >= 15 is 0 Å².